The molecule has 0 aliphatic rings. The van der Waals surface area contributed by atoms with Gasteiger partial charge >= 0.3 is 0 Å². The second-order valence-corrected chi connectivity index (χ2v) is 3.94. The minimum Gasteiger partial charge on any atom is -0.382 e. The molecule has 0 bridgehead atoms. The van der Waals surface area contributed by atoms with Crippen molar-refractivity contribution < 1.29 is 9.53 Å². The summed E-state index contributed by atoms with van der Waals surface area (Å²) in [6, 6.07) is 0. The van der Waals surface area contributed by atoms with Crippen LogP contribution in [0.5, 0.6) is 0 Å². The summed E-state index contributed by atoms with van der Waals surface area (Å²) in [7, 11) is 0. The van der Waals surface area contributed by atoms with Gasteiger partial charge in [0, 0.05) is 31.7 Å². The van der Waals surface area contributed by atoms with Crippen molar-refractivity contribution >= 4 is 18.3 Å². The van der Waals surface area contributed by atoms with E-state index in [1.165, 1.54) is 0 Å². The first-order valence-electron chi connectivity index (χ1n) is 5.10. The van der Waals surface area contributed by atoms with Crippen molar-refractivity contribution in [1.29, 1.82) is 0 Å². The van der Waals surface area contributed by atoms with E-state index in [4.69, 9.17) is 10.5 Å². The molecule has 0 aliphatic carbocycles. The van der Waals surface area contributed by atoms with E-state index >= 15 is 0 Å². The van der Waals surface area contributed by atoms with E-state index in [2.05, 4.69) is 5.32 Å². The molecule has 92 valence electrons. The maximum Gasteiger partial charge on any atom is 0.220 e. The van der Waals surface area contributed by atoms with Crippen LogP contribution in [0.4, 0.5) is 0 Å². The third kappa shape index (κ3) is 9.97. The van der Waals surface area contributed by atoms with Crippen LogP contribution in [0.2, 0.25) is 0 Å². The zero-order valence-electron chi connectivity index (χ0n) is 9.84. The van der Waals surface area contributed by atoms with Gasteiger partial charge in [-0.05, 0) is 27.2 Å². The molecule has 0 heterocycles. The van der Waals surface area contributed by atoms with Gasteiger partial charge in [0.15, 0.2) is 0 Å². The molecule has 0 unspecified atom stereocenters. The topological polar surface area (TPSA) is 64.3 Å². The average molecular weight is 239 g/mol. The van der Waals surface area contributed by atoms with E-state index in [0.29, 0.717) is 26.2 Å². The number of amides is 1. The zero-order chi connectivity index (χ0) is 11.0. The molecular weight excluding hydrogens is 216 g/mol. The highest BCUT2D eigenvalue weighted by atomic mass is 35.5. The fraction of sp³-hybridized carbons (Fsp3) is 0.900. The number of hydrogen-bond acceptors (Lipinski definition) is 3. The molecule has 0 spiro atoms. The molecule has 0 aromatic heterocycles. The fourth-order valence-corrected chi connectivity index (χ4v) is 0.970. The van der Waals surface area contributed by atoms with Gasteiger partial charge in [0.05, 0.1) is 0 Å². The summed E-state index contributed by atoms with van der Waals surface area (Å²) < 4.78 is 5.14. The molecule has 5 heteroatoms. The van der Waals surface area contributed by atoms with E-state index < -0.39 is 0 Å². The van der Waals surface area contributed by atoms with Gasteiger partial charge in [0.1, 0.15) is 0 Å². The lowest BCUT2D eigenvalue weighted by atomic mass is 10.1. The highest BCUT2D eigenvalue weighted by molar-refractivity contribution is 5.85. The van der Waals surface area contributed by atoms with Crippen LogP contribution in [0.3, 0.4) is 0 Å². The molecule has 0 rings (SSSR count). The average Bonchev–Trinajstić information content (AvgIpc) is 2.12. The van der Waals surface area contributed by atoms with Crippen molar-refractivity contribution in [3.8, 4) is 0 Å². The normalized spacial score (nSPS) is 10.7. The molecule has 0 aromatic carbocycles. The smallest absolute Gasteiger partial charge is 0.220 e. The lowest BCUT2D eigenvalue weighted by molar-refractivity contribution is -0.122. The van der Waals surface area contributed by atoms with Crippen molar-refractivity contribution in [3.05, 3.63) is 0 Å². The molecule has 0 radical (unpaired) electrons. The Bertz CT molecular complexity index is 175. The highest BCUT2D eigenvalue weighted by Crippen LogP contribution is 2.00. The molecule has 0 saturated carbocycles. The Morgan fingerprint density at radius 2 is 2.07 bits per heavy atom. The SMILES string of the molecule is CCOCCCC(=O)NC(C)(C)CN.Cl. The largest absolute Gasteiger partial charge is 0.382 e. The monoisotopic (exact) mass is 238 g/mol. The predicted octanol–water partition coefficient (Wildman–Crippen LogP) is 1.08. The summed E-state index contributed by atoms with van der Waals surface area (Å²) in [6.45, 7) is 7.56. The van der Waals surface area contributed by atoms with Gasteiger partial charge < -0.3 is 15.8 Å². The standard InChI is InChI=1S/C10H22N2O2.ClH/c1-4-14-7-5-6-9(13)12-10(2,3)8-11;/h4-8,11H2,1-3H3,(H,12,13);1H. The van der Waals surface area contributed by atoms with E-state index in [1.807, 2.05) is 20.8 Å². The predicted molar refractivity (Wildman–Crippen MR) is 64.3 cm³/mol. The minimum absolute atomic E-state index is 0. The fourth-order valence-electron chi connectivity index (χ4n) is 0.970. The number of hydrogen-bond donors (Lipinski definition) is 2. The molecule has 4 nitrogen and oxygen atoms in total. The Balaban J connectivity index is 0. The summed E-state index contributed by atoms with van der Waals surface area (Å²) in [5.74, 6) is 0.0418. The highest BCUT2D eigenvalue weighted by Gasteiger charge is 2.17. The van der Waals surface area contributed by atoms with E-state index in [0.717, 1.165) is 6.42 Å². The molecular formula is C10H23ClN2O2. The van der Waals surface area contributed by atoms with Crippen LogP contribution in [-0.2, 0) is 9.53 Å². The maximum absolute atomic E-state index is 11.4. The van der Waals surface area contributed by atoms with Crippen LogP contribution in [0.1, 0.15) is 33.6 Å². The van der Waals surface area contributed by atoms with Gasteiger partial charge in [-0.2, -0.15) is 0 Å². The van der Waals surface area contributed by atoms with Crippen molar-refractivity contribution in [2.24, 2.45) is 5.73 Å². The zero-order valence-corrected chi connectivity index (χ0v) is 10.7. The van der Waals surface area contributed by atoms with Crippen LogP contribution in [0.25, 0.3) is 0 Å². The number of nitrogens with one attached hydrogen (secondary N) is 1. The summed E-state index contributed by atoms with van der Waals surface area (Å²) in [6.07, 6.45) is 1.27. The van der Waals surface area contributed by atoms with Crippen LogP contribution in [0.15, 0.2) is 0 Å². The van der Waals surface area contributed by atoms with E-state index in [9.17, 15) is 4.79 Å². The summed E-state index contributed by atoms with van der Waals surface area (Å²) in [5.41, 5.74) is 5.19. The van der Waals surface area contributed by atoms with Crippen molar-refractivity contribution in [2.45, 2.75) is 39.2 Å². The minimum atomic E-state index is -0.303. The number of carbonyl (C=O) groups is 1. The van der Waals surface area contributed by atoms with Crippen molar-refractivity contribution in [1.82, 2.24) is 5.32 Å². The molecule has 0 fully saturated rings. The van der Waals surface area contributed by atoms with Gasteiger partial charge in [0.2, 0.25) is 5.91 Å². The third-order valence-corrected chi connectivity index (χ3v) is 1.88. The van der Waals surface area contributed by atoms with Crippen LogP contribution < -0.4 is 11.1 Å². The maximum atomic E-state index is 11.4. The Morgan fingerprint density at radius 3 is 2.53 bits per heavy atom. The van der Waals surface area contributed by atoms with Gasteiger partial charge in [-0.3, -0.25) is 4.79 Å². The van der Waals surface area contributed by atoms with Gasteiger partial charge in [0.25, 0.3) is 0 Å². The molecule has 0 aliphatic heterocycles. The summed E-state index contributed by atoms with van der Waals surface area (Å²) >= 11 is 0. The van der Waals surface area contributed by atoms with Crippen molar-refractivity contribution in [2.75, 3.05) is 19.8 Å². The molecule has 0 atom stereocenters. The van der Waals surface area contributed by atoms with Gasteiger partial charge in [-0.15, -0.1) is 12.4 Å². The Kier molecular flexibility index (Phi) is 10.2. The quantitative estimate of drug-likeness (QED) is 0.653. The first-order chi connectivity index (χ1) is 6.52. The third-order valence-electron chi connectivity index (χ3n) is 1.88. The number of halogens is 1. The van der Waals surface area contributed by atoms with Crippen LogP contribution >= 0.6 is 12.4 Å². The van der Waals surface area contributed by atoms with Gasteiger partial charge in [-0.25, -0.2) is 0 Å². The van der Waals surface area contributed by atoms with Gasteiger partial charge in [-0.1, -0.05) is 0 Å². The van der Waals surface area contributed by atoms with Crippen molar-refractivity contribution in [3.63, 3.8) is 0 Å². The van der Waals surface area contributed by atoms with Crippen LogP contribution in [-0.4, -0.2) is 31.2 Å². The Labute approximate surface area is 98.3 Å². The number of nitrogens with two attached hydrogens (primary N) is 1. The summed E-state index contributed by atoms with van der Waals surface area (Å²) in [5, 5.41) is 2.86. The van der Waals surface area contributed by atoms with E-state index in [-0.39, 0.29) is 23.9 Å². The lowest BCUT2D eigenvalue weighted by Crippen LogP contribution is -2.48. The molecule has 1 amide bonds. The molecule has 3 N–H and O–H groups in total. The summed E-state index contributed by atoms with van der Waals surface area (Å²) in [4.78, 5) is 11.4. The first kappa shape index (κ1) is 17.1. The Hall–Kier alpha value is -0.320. The molecule has 0 saturated heterocycles. The molecule has 0 aromatic rings. The second-order valence-electron chi connectivity index (χ2n) is 3.94. The molecule has 15 heavy (non-hydrogen) atoms. The number of ether oxygens (including phenoxy) is 1. The van der Waals surface area contributed by atoms with E-state index in [1.54, 1.807) is 0 Å². The number of carbonyl (C=O) groups excluding carboxylic acids is 1. The first-order valence-corrected chi connectivity index (χ1v) is 5.10. The number of rotatable bonds is 7. The second kappa shape index (κ2) is 8.95. The van der Waals surface area contributed by atoms with Crippen LogP contribution in [0, 0.1) is 0 Å². The lowest BCUT2D eigenvalue weighted by Gasteiger charge is -2.24. The Morgan fingerprint density at radius 1 is 1.47 bits per heavy atom.